The number of aromatic nitrogens is 2. The summed E-state index contributed by atoms with van der Waals surface area (Å²) in [6, 6.07) is 0. The van der Waals surface area contributed by atoms with Gasteiger partial charge in [-0.2, -0.15) is 4.37 Å². The zero-order chi connectivity index (χ0) is 13.0. The fraction of sp³-hybridized carbons (Fsp3) is 0.455. The van der Waals surface area contributed by atoms with Gasteiger partial charge in [0.05, 0.1) is 11.6 Å². The molecule has 0 radical (unpaired) electrons. The molecule has 1 unspecified atom stereocenters. The van der Waals surface area contributed by atoms with Crippen LogP contribution >= 0.6 is 22.9 Å². The topological polar surface area (TPSA) is 73.1 Å². The molecule has 7 heteroatoms. The highest BCUT2D eigenvalue weighted by atomic mass is 32.1. The standard InChI is InChI=1S/C11H16N4OS2/c1-3-16-8-9(12)15-18-11(8)14-6-7(2)10-13-4-5-17-10/h4-5,7,14H,3,6H2,1-2H3,(H2,12,15). The van der Waals surface area contributed by atoms with Gasteiger partial charge in [-0.3, -0.25) is 0 Å². The van der Waals surface area contributed by atoms with Gasteiger partial charge in [-0.1, -0.05) is 6.92 Å². The Hall–Kier alpha value is -1.34. The van der Waals surface area contributed by atoms with Crippen LogP contribution in [0.15, 0.2) is 11.6 Å². The molecule has 0 aliphatic heterocycles. The molecular weight excluding hydrogens is 268 g/mol. The van der Waals surface area contributed by atoms with Gasteiger partial charge < -0.3 is 15.8 Å². The second kappa shape index (κ2) is 6.01. The van der Waals surface area contributed by atoms with Gasteiger partial charge >= 0.3 is 0 Å². The number of ether oxygens (including phenoxy) is 1. The Kier molecular flexibility index (Phi) is 4.38. The summed E-state index contributed by atoms with van der Waals surface area (Å²) in [4.78, 5) is 4.30. The van der Waals surface area contributed by atoms with E-state index in [4.69, 9.17) is 10.5 Å². The van der Waals surface area contributed by atoms with E-state index < -0.39 is 0 Å². The summed E-state index contributed by atoms with van der Waals surface area (Å²) in [6.07, 6.45) is 1.83. The Morgan fingerprint density at radius 1 is 1.56 bits per heavy atom. The van der Waals surface area contributed by atoms with Crippen molar-refractivity contribution >= 4 is 33.7 Å². The third-order valence-corrected chi connectivity index (χ3v) is 4.21. The first-order valence-electron chi connectivity index (χ1n) is 5.73. The van der Waals surface area contributed by atoms with Crippen molar-refractivity contribution in [3.05, 3.63) is 16.6 Å². The molecule has 2 aromatic heterocycles. The first-order valence-corrected chi connectivity index (χ1v) is 7.38. The molecule has 2 rings (SSSR count). The molecule has 5 nitrogen and oxygen atoms in total. The average molecular weight is 284 g/mol. The number of nitrogen functional groups attached to an aromatic ring is 1. The minimum absolute atomic E-state index is 0.350. The summed E-state index contributed by atoms with van der Waals surface area (Å²) in [5, 5.41) is 7.32. The van der Waals surface area contributed by atoms with Crippen molar-refractivity contribution in [2.75, 3.05) is 24.2 Å². The maximum atomic E-state index is 5.75. The van der Waals surface area contributed by atoms with Crippen molar-refractivity contribution < 1.29 is 4.74 Å². The van der Waals surface area contributed by atoms with Crippen molar-refractivity contribution in [3.63, 3.8) is 0 Å². The highest BCUT2D eigenvalue weighted by Gasteiger charge is 2.14. The molecule has 3 N–H and O–H groups in total. The highest BCUT2D eigenvalue weighted by Crippen LogP contribution is 2.35. The molecule has 0 saturated carbocycles. The predicted octanol–water partition coefficient (Wildman–Crippen LogP) is 2.80. The molecule has 98 valence electrons. The summed E-state index contributed by atoms with van der Waals surface area (Å²) >= 11 is 2.99. The first-order chi connectivity index (χ1) is 8.72. The van der Waals surface area contributed by atoms with Crippen LogP contribution in [0.25, 0.3) is 0 Å². The van der Waals surface area contributed by atoms with Crippen molar-refractivity contribution in [3.8, 4) is 5.75 Å². The fourth-order valence-corrected chi connectivity index (χ4v) is 2.87. The van der Waals surface area contributed by atoms with E-state index >= 15 is 0 Å². The van der Waals surface area contributed by atoms with Crippen LogP contribution in [0, 0.1) is 0 Å². The van der Waals surface area contributed by atoms with Crippen molar-refractivity contribution in [2.45, 2.75) is 19.8 Å². The summed E-state index contributed by atoms with van der Waals surface area (Å²) < 4.78 is 9.57. The van der Waals surface area contributed by atoms with E-state index in [-0.39, 0.29) is 0 Å². The van der Waals surface area contributed by atoms with Crippen LogP contribution in [-0.2, 0) is 0 Å². The second-order valence-electron chi connectivity index (χ2n) is 3.81. The Morgan fingerprint density at radius 2 is 2.39 bits per heavy atom. The van der Waals surface area contributed by atoms with Crippen molar-refractivity contribution in [1.82, 2.24) is 9.36 Å². The maximum Gasteiger partial charge on any atom is 0.197 e. The summed E-state index contributed by atoms with van der Waals surface area (Å²) in [7, 11) is 0. The molecule has 0 amide bonds. The molecule has 0 fully saturated rings. The molecule has 0 bridgehead atoms. The van der Waals surface area contributed by atoms with Crippen LogP contribution in [0.4, 0.5) is 10.8 Å². The van der Waals surface area contributed by atoms with Gasteiger partial charge in [0, 0.05) is 24.0 Å². The van der Waals surface area contributed by atoms with Gasteiger partial charge in [0.2, 0.25) is 0 Å². The maximum absolute atomic E-state index is 5.75. The monoisotopic (exact) mass is 284 g/mol. The normalized spacial score (nSPS) is 12.3. The van der Waals surface area contributed by atoms with Crippen molar-refractivity contribution in [2.24, 2.45) is 0 Å². The van der Waals surface area contributed by atoms with E-state index in [9.17, 15) is 0 Å². The fourth-order valence-electron chi connectivity index (χ4n) is 1.50. The largest absolute Gasteiger partial charge is 0.487 e. The zero-order valence-electron chi connectivity index (χ0n) is 10.3. The van der Waals surface area contributed by atoms with Gasteiger partial charge in [-0.15, -0.1) is 11.3 Å². The smallest absolute Gasteiger partial charge is 0.197 e. The quantitative estimate of drug-likeness (QED) is 0.853. The molecule has 2 heterocycles. The molecular formula is C11H16N4OS2. The molecule has 0 spiro atoms. The predicted molar refractivity (Wildman–Crippen MR) is 76.7 cm³/mol. The van der Waals surface area contributed by atoms with Gasteiger partial charge in [0.1, 0.15) is 0 Å². The number of thiazole rings is 1. The molecule has 1 atom stereocenters. The van der Waals surface area contributed by atoms with Crippen LogP contribution in [0.2, 0.25) is 0 Å². The third-order valence-electron chi connectivity index (χ3n) is 2.40. The number of rotatable bonds is 6. The van der Waals surface area contributed by atoms with E-state index in [1.165, 1.54) is 11.5 Å². The number of hydrogen-bond acceptors (Lipinski definition) is 7. The second-order valence-corrected chi connectivity index (χ2v) is 5.51. The minimum atomic E-state index is 0.350. The zero-order valence-corrected chi connectivity index (χ0v) is 12.0. The number of nitrogens with two attached hydrogens (primary N) is 1. The average Bonchev–Trinajstić information content (AvgIpc) is 2.99. The lowest BCUT2D eigenvalue weighted by Gasteiger charge is -2.11. The third kappa shape index (κ3) is 2.91. The van der Waals surface area contributed by atoms with Gasteiger partial charge in [-0.25, -0.2) is 4.98 Å². The lowest BCUT2D eigenvalue weighted by molar-refractivity contribution is 0.344. The molecule has 0 aliphatic rings. The van der Waals surface area contributed by atoms with Crippen LogP contribution < -0.4 is 15.8 Å². The van der Waals surface area contributed by atoms with Crippen LogP contribution in [0.3, 0.4) is 0 Å². The summed E-state index contributed by atoms with van der Waals surface area (Å²) in [6.45, 7) is 5.43. The van der Waals surface area contributed by atoms with Crippen LogP contribution in [-0.4, -0.2) is 22.5 Å². The van der Waals surface area contributed by atoms with E-state index in [1.807, 2.05) is 18.5 Å². The molecule has 0 aromatic carbocycles. The van der Waals surface area contributed by atoms with E-state index in [0.717, 1.165) is 16.6 Å². The SMILES string of the molecule is CCOc1c(N)nsc1NCC(C)c1nccs1. The summed E-state index contributed by atoms with van der Waals surface area (Å²) in [5.41, 5.74) is 5.75. The van der Waals surface area contributed by atoms with E-state index in [1.54, 1.807) is 11.3 Å². The number of hydrogen-bond donors (Lipinski definition) is 2. The Balaban J connectivity index is 1.98. The molecule has 0 aliphatic carbocycles. The Morgan fingerprint density at radius 3 is 3.06 bits per heavy atom. The van der Waals surface area contributed by atoms with E-state index in [2.05, 4.69) is 21.6 Å². The van der Waals surface area contributed by atoms with Gasteiger partial charge in [0.15, 0.2) is 16.6 Å². The Labute approximate surface area is 114 Å². The minimum Gasteiger partial charge on any atom is -0.487 e. The number of nitrogens with zero attached hydrogens (tertiary/aromatic N) is 2. The lowest BCUT2D eigenvalue weighted by Crippen LogP contribution is -2.09. The van der Waals surface area contributed by atoms with Crippen LogP contribution in [0.5, 0.6) is 5.75 Å². The lowest BCUT2D eigenvalue weighted by atomic mass is 10.2. The van der Waals surface area contributed by atoms with E-state index in [0.29, 0.717) is 24.1 Å². The first kappa shape index (κ1) is 13.1. The number of nitrogens with one attached hydrogen (secondary N) is 1. The summed E-state index contributed by atoms with van der Waals surface area (Å²) in [5.74, 6) is 1.46. The van der Waals surface area contributed by atoms with Crippen LogP contribution in [0.1, 0.15) is 24.8 Å². The van der Waals surface area contributed by atoms with Gasteiger partial charge in [-0.05, 0) is 18.5 Å². The molecule has 0 saturated heterocycles. The molecule has 18 heavy (non-hydrogen) atoms. The Bertz CT molecular complexity index is 483. The van der Waals surface area contributed by atoms with Crippen molar-refractivity contribution in [1.29, 1.82) is 0 Å². The highest BCUT2D eigenvalue weighted by molar-refractivity contribution is 7.11. The molecule has 2 aromatic rings. The van der Waals surface area contributed by atoms with Gasteiger partial charge in [0.25, 0.3) is 0 Å². The number of anilines is 2.